The van der Waals surface area contributed by atoms with Crippen molar-refractivity contribution in [2.75, 3.05) is 0 Å². The number of imidazole rings is 1. The predicted molar refractivity (Wildman–Crippen MR) is 132 cm³/mol. The highest BCUT2D eigenvalue weighted by Gasteiger charge is 2.21. The van der Waals surface area contributed by atoms with Gasteiger partial charge in [-0.05, 0) is 47.7 Å². The molecule has 5 rings (SSSR count). The van der Waals surface area contributed by atoms with E-state index >= 15 is 0 Å². The van der Waals surface area contributed by atoms with E-state index in [2.05, 4.69) is 4.57 Å². The van der Waals surface area contributed by atoms with Gasteiger partial charge in [0.15, 0.2) is 11.5 Å². The number of aromatic carboxylic acids is 1. The van der Waals surface area contributed by atoms with Gasteiger partial charge in [0.1, 0.15) is 5.82 Å². The minimum atomic E-state index is -0.954. The van der Waals surface area contributed by atoms with E-state index in [-0.39, 0.29) is 17.1 Å². The first-order valence-electron chi connectivity index (χ1n) is 11.8. The number of aromatic hydroxyl groups is 2. The molecule has 0 amide bonds. The number of hydrogen-bond acceptors (Lipinski definition) is 4. The topological polar surface area (TPSA) is 95.6 Å². The zero-order valence-corrected chi connectivity index (χ0v) is 19.2. The molecule has 0 atom stereocenters. The average Bonchev–Trinajstić information content (AvgIpc) is 3.16. The lowest BCUT2D eigenvalue weighted by Gasteiger charge is -2.22. The molecule has 0 radical (unpaired) electrons. The minimum Gasteiger partial charge on any atom is -0.504 e. The van der Waals surface area contributed by atoms with Crippen LogP contribution < -0.4 is 0 Å². The van der Waals surface area contributed by atoms with Gasteiger partial charge in [-0.25, -0.2) is 9.78 Å². The summed E-state index contributed by atoms with van der Waals surface area (Å²) in [5.41, 5.74) is 5.02. The summed E-state index contributed by atoms with van der Waals surface area (Å²) in [5.74, 6) is 0.156. The van der Waals surface area contributed by atoms with E-state index < -0.39 is 5.97 Å². The Morgan fingerprint density at radius 1 is 0.971 bits per heavy atom. The molecule has 0 bridgehead atoms. The fraction of sp³-hybridized carbons (Fsp3) is 0.286. The maximum absolute atomic E-state index is 11.7. The molecule has 1 aromatic heterocycles. The predicted octanol–water partition coefficient (Wildman–Crippen LogP) is 6.23. The number of fused-ring (bicyclic) bond motifs is 1. The van der Waals surface area contributed by atoms with Crippen molar-refractivity contribution < 1.29 is 20.1 Å². The molecule has 0 unspecified atom stereocenters. The SMILES string of the molecule is Cc1cc(-n2c(CC3CCCCC3)nc3cc(O)c(O)cc32)ccc1-c1ccccc1C(=O)O. The summed E-state index contributed by atoms with van der Waals surface area (Å²) in [7, 11) is 0. The van der Waals surface area contributed by atoms with Crippen molar-refractivity contribution in [2.45, 2.75) is 45.4 Å². The van der Waals surface area contributed by atoms with Gasteiger partial charge in [-0.15, -0.1) is 0 Å². The molecule has 6 heteroatoms. The maximum Gasteiger partial charge on any atom is 0.336 e. The van der Waals surface area contributed by atoms with E-state index in [1.165, 1.54) is 38.2 Å². The van der Waals surface area contributed by atoms with Crippen LogP contribution in [-0.4, -0.2) is 30.8 Å². The number of aryl methyl sites for hydroxylation is 1. The smallest absolute Gasteiger partial charge is 0.336 e. The number of nitrogens with zero attached hydrogens (tertiary/aromatic N) is 2. The highest BCUT2D eigenvalue weighted by Crippen LogP contribution is 2.36. The van der Waals surface area contributed by atoms with Crippen LogP contribution in [0.4, 0.5) is 0 Å². The van der Waals surface area contributed by atoms with Crippen LogP contribution in [0.1, 0.15) is 53.8 Å². The number of carboxylic acid groups (broad SMARTS) is 1. The minimum absolute atomic E-state index is 0.179. The molecule has 34 heavy (non-hydrogen) atoms. The van der Waals surface area contributed by atoms with Crippen molar-refractivity contribution >= 4 is 17.0 Å². The van der Waals surface area contributed by atoms with Gasteiger partial charge in [-0.1, -0.05) is 56.4 Å². The largest absolute Gasteiger partial charge is 0.504 e. The van der Waals surface area contributed by atoms with Crippen molar-refractivity contribution in [1.82, 2.24) is 9.55 Å². The van der Waals surface area contributed by atoms with E-state index in [1.807, 2.05) is 37.3 Å². The van der Waals surface area contributed by atoms with Crippen LogP contribution in [0.2, 0.25) is 0 Å². The molecule has 3 N–H and O–H groups in total. The number of carbonyl (C=O) groups is 1. The van der Waals surface area contributed by atoms with Gasteiger partial charge in [0, 0.05) is 24.2 Å². The summed E-state index contributed by atoms with van der Waals surface area (Å²) < 4.78 is 2.06. The number of phenols is 2. The monoisotopic (exact) mass is 456 g/mol. The molecule has 1 fully saturated rings. The fourth-order valence-electron chi connectivity index (χ4n) is 5.22. The third kappa shape index (κ3) is 4.00. The molecule has 3 aromatic carbocycles. The number of hydrogen-bond donors (Lipinski definition) is 3. The zero-order chi connectivity index (χ0) is 23.8. The molecule has 1 aliphatic rings. The van der Waals surface area contributed by atoms with Crippen LogP contribution in [0.15, 0.2) is 54.6 Å². The quantitative estimate of drug-likeness (QED) is 0.309. The van der Waals surface area contributed by atoms with E-state index in [4.69, 9.17) is 4.98 Å². The summed E-state index contributed by atoms with van der Waals surface area (Å²) in [6.07, 6.45) is 6.96. The van der Waals surface area contributed by atoms with Gasteiger partial charge < -0.3 is 15.3 Å². The molecule has 1 heterocycles. The van der Waals surface area contributed by atoms with Gasteiger partial charge in [-0.2, -0.15) is 0 Å². The Labute approximate surface area is 198 Å². The standard InChI is InChI=1S/C28H28N2O4/c1-17-13-19(11-12-20(17)21-9-5-6-10-22(21)28(33)34)30-24-16-26(32)25(31)15-23(24)29-27(30)14-18-7-3-2-4-8-18/h5-6,9-13,15-16,18,31-32H,2-4,7-8,14H2,1H3,(H,33,34). The second-order valence-electron chi connectivity index (χ2n) is 9.25. The Hall–Kier alpha value is -3.80. The Balaban J connectivity index is 1.63. The van der Waals surface area contributed by atoms with E-state index in [0.717, 1.165) is 34.6 Å². The van der Waals surface area contributed by atoms with Gasteiger partial charge in [0.25, 0.3) is 0 Å². The Morgan fingerprint density at radius 2 is 1.71 bits per heavy atom. The lowest BCUT2D eigenvalue weighted by molar-refractivity contribution is 0.0697. The third-order valence-corrected chi connectivity index (χ3v) is 6.93. The van der Waals surface area contributed by atoms with E-state index in [0.29, 0.717) is 17.0 Å². The summed E-state index contributed by atoms with van der Waals surface area (Å²) in [5, 5.41) is 29.9. The van der Waals surface area contributed by atoms with Crippen LogP contribution >= 0.6 is 0 Å². The number of benzene rings is 3. The summed E-state index contributed by atoms with van der Waals surface area (Å²) in [4.78, 5) is 16.6. The second kappa shape index (κ2) is 8.86. The Morgan fingerprint density at radius 3 is 2.44 bits per heavy atom. The first-order valence-corrected chi connectivity index (χ1v) is 11.8. The molecule has 174 valence electrons. The first-order chi connectivity index (χ1) is 16.4. The van der Waals surface area contributed by atoms with Gasteiger partial charge >= 0.3 is 5.97 Å². The summed E-state index contributed by atoms with van der Waals surface area (Å²) >= 11 is 0. The van der Waals surface area contributed by atoms with Crippen LogP contribution in [0.3, 0.4) is 0 Å². The molecular weight excluding hydrogens is 428 g/mol. The first kappa shape index (κ1) is 22.0. The normalized spacial score (nSPS) is 14.5. The zero-order valence-electron chi connectivity index (χ0n) is 19.2. The van der Waals surface area contributed by atoms with Crippen molar-refractivity contribution in [2.24, 2.45) is 5.92 Å². The van der Waals surface area contributed by atoms with Gasteiger partial charge in [0.05, 0.1) is 16.6 Å². The summed E-state index contributed by atoms with van der Waals surface area (Å²) in [6.45, 7) is 1.97. The molecule has 0 aliphatic heterocycles. The van der Waals surface area contributed by atoms with Gasteiger partial charge in [-0.3, -0.25) is 4.57 Å². The van der Waals surface area contributed by atoms with E-state index in [9.17, 15) is 20.1 Å². The number of carboxylic acids is 1. The van der Waals surface area contributed by atoms with Crippen molar-refractivity contribution in [3.05, 3.63) is 71.5 Å². The average molecular weight is 457 g/mol. The van der Waals surface area contributed by atoms with Crippen molar-refractivity contribution in [3.63, 3.8) is 0 Å². The number of phenolic OH excluding ortho intramolecular Hbond substituents is 2. The molecule has 0 saturated heterocycles. The lowest BCUT2D eigenvalue weighted by atomic mass is 9.87. The molecule has 1 saturated carbocycles. The van der Waals surface area contributed by atoms with Gasteiger partial charge in [0.2, 0.25) is 0 Å². The van der Waals surface area contributed by atoms with Crippen LogP contribution in [0.25, 0.3) is 27.8 Å². The van der Waals surface area contributed by atoms with Crippen LogP contribution in [0.5, 0.6) is 11.5 Å². The van der Waals surface area contributed by atoms with Crippen molar-refractivity contribution in [3.8, 4) is 28.3 Å². The highest BCUT2D eigenvalue weighted by molar-refractivity contribution is 5.96. The molecule has 0 spiro atoms. The number of rotatable bonds is 5. The maximum atomic E-state index is 11.7. The Bertz CT molecular complexity index is 1380. The van der Waals surface area contributed by atoms with Crippen LogP contribution in [0, 0.1) is 12.8 Å². The fourth-order valence-corrected chi connectivity index (χ4v) is 5.22. The Kier molecular flexibility index (Phi) is 5.74. The molecule has 6 nitrogen and oxygen atoms in total. The number of aromatic nitrogens is 2. The molecule has 4 aromatic rings. The molecule has 1 aliphatic carbocycles. The highest BCUT2D eigenvalue weighted by atomic mass is 16.4. The van der Waals surface area contributed by atoms with Crippen LogP contribution in [-0.2, 0) is 6.42 Å². The lowest BCUT2D eigenvalue weighted by Crippen LogP contribution is -2.13. The third-order valence-electron chi connectivity index (χ3n) is 6.93. The van der Waals surface area contributed by atoms with E-state index in [1.54, 1.807) is 18.2 Å². The molecular formula is C28H28N2O4. The van der Waals surface area contributed by atoms with Crippen molar-refractivity contribution in [1.29, 1.82) is 0 Å². The summed E-state index contributed by atoms with van der Waals surface area (Å²) in [6, 6.07) is 16.0. The second-order valence-corrected chi connectivity index (χ2v) is 9.25.